The van der Waals surface area contributed by atoms with Crippen LogP contribution in [0.4, 0.5) is 10.1 Å². The van der Waals surface area contributed by atoms with Crippen molar-refractivity contribution in [1.82, 2.24) is 5.32 Å². The van der Waals surface area contributed by atoms with Gasteiger partial charge in [-0.2, -0.15) is 0 Å². The van der Waals surface area contributed by atoms with Crippen molar-refractivity contribution in [2.45, 2.75) is 33.4 Å². The summed E-state index contributed by atoms with van der Waals surface area (Å²) in [6, 6.07) is 29.3. The van der Waals surface area contributed by atoms with Crippen LogP contribution in [0.1, 0.15) is 38.2 Å². The Hall–Kier alpha value is -4.25. The highest BCUT2D eigenvalue weighted by Crippen LogP contribution is 2.23. The molecule has 0 atom stereocenters. The van der Waals surface area contributed by atoms with E-state index in [1.54, 1.807) is 17.0 Å². The minimum atomic E-state index is -0.308. The van der Waals surface area contributed by atoms with Crippen LogP contribution >= 0.6 is 0 Å². The number of hydrogen-bond donors (Lipinski definition) is 1. The van der Waals surface area contributed by atoms with Gasteiger partial charge in [-0.05, 0) is 66.4 Å². The van der Waals surface area contributed by atoms with Crippen LogP contribution in [0.15, 0.2) is 97.1 Å². The Morgan fingerprint density at radius 2 is 1.47 bits per heavy atom. The van der Waals surface area contributed by atoms with Gasteiger partial charge in [0, 0.05) is 17.8 Å². The molecule has 4 aromatic rings. The first kappa shape index (κ1) is 24.9. The van der Waals surface area contributed by atoms with E-state index < -0.39 is 0 Å². The summed E-state index contributed by atoms with van der Waals surface area (Å²) in [5.41, 5.74) is 6.09. The fourth-order valence-electron chi connectivity index (χ4n) is 4.00. The second kappa shape index (κ2) is 11.5. The van der Waals surface area contributed by atoms with Gasteiger partial charge < -0.3 is 10.2 Å². The van der Waals surface area contributed by atoms with Crippen LogP contribution in [-0.4, -0.2) is 11.8 Å². The molecule has 0 bridgehead atoms. The van der Waals surface area contributed by atoms with Gasteiger partial charge in [-0.25, -0.2) is 4.39 Å². The smallest absolute Gasteiger partial charge is 0.258 e. The van der Waals surface area contributed by atoms with Crippen LogP contribution < -0.4 is 10.2 Å². The average molecular weight is 481 g/mol. The molecule has 0 fully saturated rings. The van der Waals surface area contributed by atoms with Crippen molar-refractivity contribution in [3.8, 4) is 0 Å². The molecule has 4 rings (SSSR count). The molecule has 0 saturated heterocycles. The van der Waals surface area contributed by atoms with Crippen molar-refractivity contribution < 1.29 is 14.0 Å². The van der Waals surface area contributed by atoms with Gasteiger partial charge in [-0.3, -0.25) is 9.59 Å². The lowest BCUT2D eigenvalue weighted by Crippen LogP contribution is -2.31. The minimum Gasteiger partial charge on any atom is -0.352 e. The monoisotopic (exact) mass is 480 g/mol. The number of benzene rings is 4. The van der Waals surface area contributed by atoms with Crippen molar-refractivity contribution in [3.63, 3.8) is 0 Å². The molecule has 5 heteroatoms. The highest BCUT2D eigenvalue weighted by Gasteiger charge is 2.20. The van der Waals surface area contributed by atoms with E-state index >= 15 is 0 Å². The Morgan fingerprint density at radius 1 is 0.778 bits per heavy atom. The highest BCUT2D eigenvalue weighted by molar-refractivity contribution is 6.07. The number of anilines is 1. The van der Waals surface area contributed by atoms with Gasteiger partial charge in [0.2, 0.25) is 5.91 Å². The number of nitrogens with zero attached hydrogens (tertiary/aromatic N) is 1. The van der Waals surface area contributed by atoms with E-state index in [0.29, 0.717) is 18.7 Å². The molecule has 4 aromatic carbocycles. The Kier molecular flexibility index (Phi) is 7.91. The lowest BCUT2D eigenvalue weighted by atomic mass is 10.0. The molecule has 0 radical (unpaired) electrons. The third-order valence-corrected chi connectivity index (χ3v) is 6.07. The fourth-order valence-corrected chi connectivity index (χ4v) is 4.00. The van der Waals surface area contributed by atoms with Gasteiger partial charge in [0.25, 0.3) is 5.91 Å². The molecule has 0 aliphatic heterocycles. The van der Waals surface area contributed by atoms with Crippen molar-refractivity contribution in [2.24, 2.45) is 0 Å². The number of carbonyl (C=O) groups is 2. The first-order chi connectivity index (χ1) is 17.4. The third-order valence-electron chi connectivity index (χ3n) is 6.07. The highest BCUT2D eigenvalue weighted by atomic mass is 19.1. The van der Waals surface area contributed by atoms with Gasteiger partial charge >= 0.3 is 0 Å². The molecule has 0 aliphatic carbocycles. The summed E-state index contributed by atoms with van der Waals surface area (Å²) in [7, 11) is 0. The molecule has 182 valence electrons. The van der Waals surface area contributed by atoms with Gasteiger partial charge in [-0.1, -0.05) is 72.3 Å². The maximum absolute atomic E-state index is 13.7. The zero-order valence-corrected chi connectivity index (χ0v) is 20.5. The molecule has 0 aromatic heterocycles. The summed E-state index contributed by atoms with van der Waals surface area (Å²) in [6.07, 6.45) is 0.173. The van der Waals surface area contributed by atoms with Crippen LogP contribution in [0.25, 0.3) is 0 Å². The Labute approximate surface area is 211 Å². The Morgan fingerprint density at radius 3 is 2.19 bits per heavy atom. The molecule has 2 amide bonds. The summed E-state index contributed by atoms with van der Waals surface area (Å²) in [5, 5.41) is 2.87. The number of amides is 2. The number of aryl methyl sites for hydroxylation is 2. The van der Waals surface area contributed by atoms with Crippen LogP contribution in [-0.2, 0) is 24.3 Å². The Bertz CT molecular complexity index is 1350. The van der Waals surface area contributed by atoms with E-state index in [-0.39, 0.29) is 24.1 Å². The summed E-state index contributed by atoms with van der Waals surface area (Å²) in [4.78, 5) is 28.0. The van der Waals surface area contributed by atoms with Crippen LogP contribution in [0.3, 0.4) is 0 Å². The molecule has 0 aliphatic rings. The summed E-state index contributed by atoms with van der Waals surface area (Å²) >= 11 is 0. The quantitative estimate of drug-likeness (QED) is 0.329. The van der Waals surface area contributed by atoms with E-state index in [4.69, 9.17) is 0 Å². The number of hydrogen-bond acceptors (Lipinski definition) is 2. The number of rotatable bonds is 8. The second-order valence-corrected chi connectivity index (χ2v) is 8.94. The predicted octanol–water partition coefficient (Wildman–Crippen LogP) is 6.15. The van der Waals surface area contributed by atoms with E-state index in [1.807, 2.05) is 86.6 Å². The Balaban J connectivity index is 1.54. The van der Waals surface area contributed by atoms with Gasteiger partial charge in [0.05, 0.1) is 13.0 Å². The second-order valence-electron chi connectivity index (χ2n) is 8.94. The molecule has 4 nitrogen and oxygen atoms in total. The van der Waals surface area contributed by atoms with E-state index in [0.717, 1.165) is 33.5 Å². The molecular formula is C31H29FN2O2. The van der Waals surface area contributed by atoms with Crippen LogP contribution in [0, 0.1) is 19.7 Å². The molecule has 0 saturated carbocycles. The van der Waals surface area contributed by atoms with E-state index in [2.05, 4.69) is 5.32 Å². The third kappa shape index (κ3) is 6.45. The average Bonchev–Trinajstić information content (AvgIpc) is 2.88. The maximum atomic E-state index is 13.7. The zero-order chi connectivity index (χ0) is 25.5. The first-order valence-electron chi connectivity index (χ1n) is 11.9. The van der Waals surface area contributed by atoms with Crippen molar-refractivity contribution in [2.75, 3.05) is 4.90 Å². The number of nitrogens with one attached hydrogen (secondary N) is 1. The zero-order valence-electron chi connectivity index (χ0n) is 20.5. The van der Waals surface area contributed by atoms with E-state index in [9.17, 15) is 14.0 Å². The van der Waals surface area contributed by atoms with Crippen molar-refractivity contribution in [3.05, 3.63) is 136 Å². The molecule has 0 heterocycles. The van der Waals surface area contributed by atoms with Crippen LogP contribution in [0.2, 0.25) is 0 Å². The fraction of sp³-hybridized carbons (Fsp3) is 0.161. The lowest BCUT2D eigenvalue weighted by Gasteiger charge is -2.24. The SMILES string of the molecule is Cc1ccc(CN(C(=O)c2ccccc2C)c2cccc(CC(=O)NCc3ccc(F)cc3)c2)cc1. The lowest BCUT2D eigenvalue weighted by molar-refractivity contribution is -0.120. The van der Waals surface area contributed by atoms with E-state index in [1.165, 1.54) is 12.1 Å². The molecule has 1 N–H and O–H groups in total. The van der Waals surface area contributed by atoms with Gasteiger partial charge in [0.1, 0.15) is 5.82 Å². The predicted molar refractivity (Wildman–Crippen MR) is 141 cm³/mol. The van der Waals surface area contributed by atoms with Gasteiger partial charge in [0.15, 0.2) is 0 Å². The van der Waals surface area contributed by atoms with Crippen LogP contribution in [0.5, 0.6) is 0 Å². The van der Waals surface area contributed by atoms with Crippen molar-refractivity contribution >= 4 is 17.5 Å². The first-order valence-corrected chi connectivity index (χ1v) is 11.9. The minimum absolute atomic E-state index is 0.0911. The van der Waals surface area contributed by atoms with Gasteiger partial charge in [-0.15, -0.1) is 0 Å². The summed E-state index contributed by atoms with van der Waals surface area (Å²) < 4.78 is 13.1. The number of halogens is 1. The molecular weight excluding hydrogens is 451 g/mol. The number of carbonyl (C=O) groups excluding carboxylic acids is 2. The molecule has 0 unspecified atom stereocenters. The molecule has 0 spiro atoms. The summed E-state index contributed by atoms with van der Waals surface area (Å²) in [6.45, 7) is 4.70. The normalized spacial score (nSPS) is 10.6. The molecule has 36 heavy (non-hydrogen) atoms. The maximum Gasteiger partial charge on any atom is 0.258 e. The topological polar surface area (TPSA) is 49.4 Å². The van der Waals surface area contributed by atoms with Crippen molar-refractivity contribution in [1.29, 1.82) is 0 Å². The summed E-state index contributed by atoms with van der Waals surface area (Å²) in [5.74, 6) is -0.546. The largest absolute Gasteiger partial charge is 0.352 e. The standard InChI is InChI=1S/C31H29FN2O2/c1-22-10-12-25(13-11-22)21-34(31(36)29-9-4-3-6-23(29)2)28-8-5-7-26(18-28)19-30(35)33-20-24-14-16-27(32)17-15-24/h3-18H,19-21H2,1-2H3,(H,33,35).